The predicted octanol–water partition coefficient (Wildman–Crippen LogP) is 1.34. The molecule has 1 aliphatic heterocycles. The molecule has 1 radical (unpaired) electrons. The highest BCUT2D eigenvalue weighted by atomic mass is 16.1. The number of carbonyl (C=O) groups excluding carboxylic acids is 1. The smallest absolute Gasteiger partial charge is 0.182 e. The number of hydrogen-bond acceptors (Lipinski definition) is 2. The van der Waals surface area contributed by atoms with Gasteiger partial charge in [-0.1, -0.05) is 19.1 Å². The second-order valence-electron chi connectivity index (χ2n) is 2.12. The first-order valence-corrected chi connectivity index (χ1v) is 3.48. The Morgan fingerprint density at radius 2 is 2.27 bits per heavy atom. The lowest BCUT2D eigenvalue weighted by molar-refractivity contribution is -0.112. The molecule has 1 heterocycles. The number of nitrogens with one attached hydrogen (secondary N) is 1. The molecule has 0 aromatic rings. The minimum absolute atomic E-state index is 0.0150. The van der Waals surface area contributed by atoms with Crippen LogP contribution in [-0.2, 0) is 4.79 Å². The van der Waals surface area contributed by atoms with E-state index in [4.69, 9.17) is 0 Å². The standard InChI is InChI=1S/C9H10NO/c1-2-9(11)8-6-4-3-5-7-10-8/h2-7,10H,1H3. The first-order valence-electron chi connectivity index (χ1n) is 3.48. The van der Waals surface area contributed by atoms with E-state index in [0.717, 1.165) is 0 Å². The summed E-state index contributed by atoms with van der Waals surface area (Å²) in [5.41, 5.74) is 0.609. The summed E-state index contributed by atoms with van der Waals surface area (Å²) in [6, 6.07) is 0. The highest BCUT2D eigenvalue weighted by molar-refractivity contribution is 6.01. The molecule has 0 fully saturated rings. The van der Waals surface area contributed by atoms with E-state index >= 15 is 0 Å². The molecule has 0 aliphatic carbocycles. The van der Waals surface area contributed by atoms with Crippen LogP contribution < -0.4 is 5.32 Å². The molecular weight excluding hydrogens is 138 g/mol. The van der Waals surface area contributed by atoms with Gasteiger partial charge in [0.05, 0.1) is 5.70 Å². The molecule has 0 bridgehead atoms. The maximum atomic E-state index is 11.1. The summed E-state index contributed by atoms with van der Waals surface area (Å²) >= 11 is 0. The van der Waals surface area contributed by atoms with E-state index in [1.54, 1.807) is 19.2 Å². The minimum Gasteiger partial charge on any atom is -0.359 e. The van der Waals surface area contributed by atoms with Crippen LogP contribution >= 0.6 is 0 Å². The Hall–Kier alpha value is -1.31. The Morgan fingerprint density at radius 3 is 3.00 bits per heavy atom. The molecule has 1 aliphatic rings. The first kappa shape index (κ1) is 7.79. The molecule has 0 unspecified atom stereocenters. The zero-order chi connectivity index (χ0) is 8.10. The second-order valence-corrected chi connectivity index (χ2v) is 2.12. The maximum absolute atomic E-state index is 11.1. The van der Waals surface area contributed by atoms with Gasteiger partial charge in [-0.15, -0.1) is 0 Å². The molecule has 11 heavy (non-hydrogen) atoms. The van der Waals surface area contributed by atoms with Crippen molar-refractivity contribution in [1.29, 1.82) is 0 Å². The van der Waals surface area contributed by atoms with Gasteiger partial charge in [-0.05, 0) is 12.2 Å². The molecule has 0 amide bonds. The predicted molar refractivity (Wildman–Crippen MR) is 44.5 cm³/mol. The van der Waals surface area contributed by atoms with Crippen molar-refractivity contribution >= 4 is 5.78 Å². The van der Waals surface area contributed by atoms with E-state index in [1.807, 2.05) is 18.2 Å². The Bertz CT molecular complexity index is 236. The van der Waals surface area contributed by atoms with E-state index in [9.17, 15) is 4.79 Å². The van der Waals surface area contributed by atoms with Crippen molar-refractivity contribution in [2.75, 3.05) is 0 Å². The highest BCUT2D eigenvalue weighted by Gasteiger charge is 2.03. The summed E-state index contributed by atoms with van der Waals surface area (Å²) in [5, 5.41) is 2.87. The molecule has 0 saturated heterocycles. The quantitative estimate of drug-likeness (QED) is 0.640. The van der Waals surface area contributed by atoms with Gasteiger partial charge in [-0.2, -0.15) is 0 Å². The lowest BCUT2D eigenvalue weighted by Crippen LogP contribution is -2.13. The summed E-state index contributed by atoms with van der Waals surface area (Å²) in [4.78, 5) is 11.1. The topological polar surface area (TPSA) is 29.1 Å². The van der Waals surface area contributed by atoms with Gasteiger partial charge in [0, 0.05) is 12.6 Å². The van der Waals surface area contributed by atoms with Crippen molar-refractivity contribution in [1.82, 2.24) is 5.32 Å². The molecule has 2 nitrogen and oxygen atoms in total. The maximum Gasteiger partial charge on any atom is 0.182 e. The Kier molecular flexibility index (Phi) is 2.66. The molecule has 1 rings (SSSR count). The second kappa shape index (κ2) is 3.76. The fourth-order valence-electron chi connectivity index (χ4n) is 0.766. The van der Waals surface area contributed by atoms with Crippen LogP contribution in [0.4, 0.5) is 0 Å². The van der Waals surface area contributed by atoms with Gasteiger partial charge in [0.2, 0.25) is 0 Å². The number of allylic oxidation sites excluding steroid dienone is 5. The number of hydrogen-bond donors (Lipinski definition) is 1. The van der Waals surface area contributed by atoms with E-state index < -0.39 is 0 Å². The summed E-state index contributed by atoms with van der Waals surface area (Å²) in [7, 11) is 0. The van der Waals surface area contributed by atoms with Crippen LogP contribution in [0.1, 0.15) is 6.92 Å². The normalized spacial score (nSPS) is 15.2. The number of rotatable bonds is 2. The fourth-order valence-corrected chi connectivity index (χ4v) is 0.766. The van der Waals surface area contributed by atoms with Gasteiger partial charge in [0.25, 0.3) is 0 Å². The van der Waals surface area contributed by atoms with Crippen molar-refractivity contribution in [2.45, 2.75) is 6.92 Å². The van der Waals surface area contributed by atoms with Gasteiger partial charge in [0.1, 0.15) is 0 Å². The van der Waals surface area contributed by atoms with Gasteiger partial charge >= 0.3 is 0 Å². The summed E-state index contributed by atoms with van der Waals surface area (Å²) < 4.78 is 0. The minimum atomic E-state index is 0.0150. The first-order chi connectivity index (χ1) is 5.34. The largest absolute Gasteiger partial charge is 0.359 e. The van der Waals surface area contributed by atoms with Gasteiger partial charge in [-0.25, -0.2) is 0 Å². The zero-order valence-electron chi connectivity index (χ0n) is 6.37. The van der Waals surface area contributed by atoms with Gasteiger partial charge in [0.15, 0.2) is 5.78 Å². The average Bonchev–Trinajstić information content (AvgIpc) is 2.30. The third-order valence-corrected chi connectivity index (χ3v) is 1.35. The molecule has 0 saturated carbocycles. The van der Waals surface area contributed by atoms with Crippen LogP contribution in [0.5, 0.6) is 0 Å². The number of carbonyl (C=O) groups is 1. The molecule has 2 heteroatoms. The van der Waals surface area contributed by atoms with E-state index in [2.05, 4.69) is 5.32 Å². The molecule has 0 atom stereocenters. The molecule has 1 N–H and O–H groups in total. The van der Waals surface area contributed by atoms with Crippen molar-refractivity contribution < 1.29 is 4.79 Å². The summed E-state index contributed by atoms with van der Waals surface area (Å²) in [5.74, 6) is 0.0150. The SMILES string of the molecule is C[CH]C(=O)C1=CC=CC=CN1. The third kappa shape index (κ3) is 2.08. The fraction of sp³-hybridized carbons (Fsp3) is 0.111. The molecule has 0 aromatic carbocycles. The van der Waals surface area contributed by atoms with E-state index in [0.29, 0.717) is 5.70 Å². The summed E-state index contributed by atoms with van der Waals surface area (Å²) in [6.45, 7) is 1.73. The molecular formula is C9H10NO. The lowest BCUT2D eigenvalue weighted by Gasteiger charge is -2.00. The molecule has 0 aromatic heterocycles. The lowest BCUT2D eigenvalue weighted by atomic mass is 10.2. The Balaban J connectivity index is 2.72. The third-order valence-electron chi connectivity index (χ3n) is 1.35. The van der Waals surface area contributed by atoms with Crippen LogP contribution in [0.3, 0.4) is 0 Å². The van der Waals surface area contributed by atoms with Gasteiger partial charge < -0.3 is 5.32 Å². The molecule has 0 spiro atoms. The van der Waals surface area contributed by atoms with Crippen LogP contribution in [-0.4, -0.2) is 5.78 Å². The Morgan fingerprint density at radius 1 is 1.45 bits per heavy atom. The van der Waals surface area contributed by atoms with Crippen molar-refractivity contribution in [2.24, 2.45) is 0 Å². The van der Waals surface area contributed by atoms with Crippen molar-refractivity contribution in [3.05, 3.63) is 42.6 Å². The van der Waals surface area contributed by atoms with Crippen molar-refractivity contribution in [3.63, 3.8) is 0 Å². The van der Waals surface area contributed by atoms with Crippen LogP contribution in [0.2, 0.25) is 0 Å². The van der Waals surface area contributed by atoms with Gasteiger partial charge in [-0.3, -0.25) is 4.79 Å². The van der Waals surface area contributed by atoms with Crippen molar-refractivity contribution in [3.8, 4) is 0 Å². The number of Topliss-reactive ketones (excluding diaryl/α,β-unsaturated/α-hetero) is 1. The van der Waals surface area contributed by atoms with Crippen LogP contribution in [0.15, 0.2) is 36.2 Å². The summed E-state index contributed by atoms with van der Waals surface area (Å²) in [6.07, 6.45) is 10.5. The monoisotopic (exact) mass is 148 g/mol. The average molecular weight is 148 g/mol. The molecule has 57 valence electrons. The number of ketones is 1. The van der Waals surface area contributed by atoms with E-state index in [1.165, 1.54) is 6.42 Å². The van der Waals surface area contributed by atoms with E-state index in [-0.39, 0.29) is 5.78 Å². The Labute approximate surface area is 66.3 Å². The van der Waals surface area contributed by atoms with Crippen LogP contribution in [0, 0.1) is 6.42 Å². The zero-order valence-corrected chi connectivity index (χ0v) is 6.37. The highest BCUT2D eigenvalue weighted by Crippen LogP contribution is 1.98. The van der Waals surface area contributed by atoms with Crippen LogP contribution in [0.25, 0.3) is 0 Å².